The smallest absolute Gasteiger partial charge is 0.374 e. The highest BCUT2D eigenvalue weighted by Crippen LogP contribution is 2.33. The predicted molar refractivity (Wildman–Crippen MR) is 119 cm³/mol. The number of halogens is 3. The molecule has 1 atom stereocenters. The first-order valence-electron chi connectivity index (χ1n) is 10.9. The van der Waals surface area contributed by atoms with Gasteiger partial charge in [0.2, 0.25) is 0 Å². The molecule has 32 heavy (non-hydrogen) atoms. The molecule has 0 spiro atoms. The van der Waals surface area contributed by atoms with Crippen LogP contribution in [0.15, 0.2) is 42.5 Å². The Morgan fingerprint density at radius 3 is 2.47 bits per heavy atom. The standard InChI is InChI=1S/C24H29F3N4O/c1-29-11-13-31(14-12-29)22(17-7-8-21-18(15-17)9-10-30(21)2)16-28-23(32)19-5-3-4-6-20(19)24(25,26)27/h3-8,15,22H,9-14,16H2,1-2H3,(H,28,32)/t22-/m0/s1. The maximum absolute atomic E-state index is 13.4. The summed E-state index contributed by atoms with van der Waals surface area (Å²) < 4.78 is 40.1. The second-order valence-electron chi connectivity index (χ2n) is 8.67. The van der Waals surface area contributed by atoms with Crippen LogP contribution in [0.25, 0.3) is 0 Å². The second-order valence-corrected chi connectivity index (χ2v) is 8.67. The van der Waals surface area contributed by atoms with E-state index in [4.69, 9.17) is 0 Å². The summed E-state index contributed by atoms with van der Waals surface area (Å²) in [7, 11) is 4.15. The monoisotopic (exact) mass is 446 g/mol. The van der Waals surface area contributed by atoms with E-state index in [1.165, 1.54) is 29.4 Å². The normalized spacial score (nSPS) is 18.5. The largest absolute Gasteiger partial charge is 0.417 e. The van der Waals surface area contributed by atoms with Gasteiger partial charge in [0.05, 0.1) is 17.2 Å². The summed E-state index contributed by atoms with van der Waals surface area (Å²) in [6.45, 7) is 4.73. The summed E-state index contributed by atoms with van der Waals surface area (Å²) in [5.41, 5.74) is 2.34. The molecule has 1 amide bonds. The number of hydrogen-bond acceptors (Lipinski definition) is 4. The molecule has 0 saturated carbocycles. The molecule has 2 aromatic carbocycles. The van der Waals surface area contributed by atoms with E-state index in [2.05, 4.69) is 52.3 Å². The number of piperazine rings is 1. The summed E-state index contributed by atoms with van der Waals surface area (Å²) in [5, 5.41) is 2.79. The molecule has 0 aliphatic carbocycles. The molecule has 5 nitrogen and oxygen atoms in total. The first-order chi connectivity index (χ1) is 15.2. The Morgan fingerprint density at radius 2 is 1.75 bits per heavy atom. The van der Waals surface area contributed by atoms with Gasteiger partial charge in [0.1, 0.15) is 0 Å². The van der Waals surface area contributed by atoms with Gasteiger partial charge in [-0.15, -0.1) is 0 Å². The molecule has 2 heterocycles. The molecule has 2 aliphatic heterocycles. The van der Waals surface area contributed by atoms with Crippen LogP contribution in [0.5, 0.6) is 0 Å². The Hall–Kier alpha value is -2.58. The van der Waals surface area contributed by atoms with Gasteiger partial charge in [0.25, 0.3) is 5.91 Å². The number of nitrogens with one attached hydrogen (secondary N) is 1. The molecule has 0 aromatic heterocycles. The molecule has 0 radical (unpaired) electrons. The number of amides is 1. The minimum atomic E-state index is -4.57. The Bertz CT molecular complexity index is 970. The van der Waals surface area contributed by atoms with E-state index in [1.54, 1.807) is 0 Å². The highest BCUT2D eigenvalue weighted by molar-refractivity contribution is 5.95. The lowest BCUT2D eigenvalue weighted by Gasteiger charge is -2.38. The molecule has 2 aliphatic rings. The minimum absolute atomic E-state index is 0.0955. The molecule has 1 saturated heterocycles. The van der Waals surface area contributed by atoms with Gasteiger partial charge in [-0.3, -0.25) is 9.69 Å². The third-order valence-corrected chi connectivity index (χ3v) is 6.53. The van der Waals surface area contributed by atoms with Crippen molar-refractivity contribution in [3.05, 3.63) is 64.7 Å². The van der Waals surface area contributed by atoms with Crippen LogP contribution in [-0.4, -0.2) is 69.1 Å². The maximum atomic E-state index is 13.4. The summed E-state index contributed by atoms with van der Waals surface area (Å²) in [4.78, 5) is 19.6. The SMILES string of the molecule is CN1CCN([C@@H](CNC(=O)c2ccccc2C(F)(F)F)c2ccc3c(c2)CCN3C)CC1. The first kappa shape index (κ1) is 22.6. The summed E-state index contributed by atoms with van der Waals surface area (Å²) in [6.07, 6.45) is -3.60. The van der Waals surface area contributed by atoms with E-state index in [1.807, 2.05) is 0 Å². The molecule has 172 valence electrons. The number of alkyl halides is 3. The minimum Gasteiger partial charge on any atom is -0.374 e. The molecule has 1 fully saturated rings. The van der Waals surface area contributed by atoms with Crippen LogP contribution < -0.4 is 10.2 Å². The van der Waals surface area contributed by atoms with Crippen LogP contribution in [0.2, 0.25) is 0 Å². The lowest BCUT2D eigenvalue weighted by molar-refractivity contribution is -0.137. The fourth-order valence-electron chi connectivity index (χ4n) is 4.60. The molecular formula is C24H29F3N4O. The van der Waals surface area contributed by atoms with Crippen molar-refractivity contribution < 1.29 is 18.0 Å². The van der Waals surface area contributed by atoms with E-state index in [-0.39, 0.29) is 18.2 Å². The Kier molecular flexibility index (Phi) is 6.44. The number of hydrogen-bond donors (Lipinski definition) is 1. The van der Waals surface area contributed by atoms with Gasteiger partial charge in [0.15, 0.2) is 0 Å². The van der Waals surface area contributed by atoms with Crippen LogP contribution in [0.1, 0.15) is 33.1 Å². The molecule has 2 aromatic rings. The van der Waals surface area contributed by atoms with Crippen molar-refractivity contribution in [3.8, 4) is 0 Å². The van der Waals surface area contributed by atoms with Gasteiger partial charge in [-0.25, -0.2) is 0 Å². The molecule has 1 N–H and O–H groups in total. The van der Waals surface area contributed by atoms with Crippen molar-refractivity contribution in [2.45, 2.75) is 18.6 Å². The first-order valence-corrected chi connectivity index (χ1v) is 10.9. The zero-order valence-corrected chi connectivity index (χ0v) is 18.5. The predicted octanol–water partition coefficient (Wildman–Crippen LogP) is 3.42. The number of nitrogens with zero attached hydrogens (tertiary/aromatic N) is 3. The number of rotatable bonds is 5. The third kappa shape index (κ3) is 4.76. The molecular weight excluding hydrogens is 417 g/mol. The Balaban J connectivity index is 1.56. The van der Waals surface area contributed by atoms with E-state index >= 15 is 0 Å². The van der Waals surface area contributed by atoms with Crippen molar-refractivity contribution in [2.24, 2.45) is 0 Å². The maximum Gasteiger partial charge on any atom is 0.417 e. The fraction of sp³-hybridized carbons (Fsp3) is 0.458. The second kappa shape index (κ2) is 9.11. The number of fused-ring (bicyclic) bond motifs is 1. The number of anilines is 1. The number of carbonyl (C=O) groups excluding carboxylic acids is 1. The van der Waals surface area contributed by atoms with Crippen LogP contribution in [-0.2, 0) is 12.6 Å². The van der Waals surface area contributed by atoms with Crippen molar-refractivity contribution in [3.63, 3.8) is 0 Å². The average Bonchev–Trinajstić information content (AvgIpc) is 3.14. The van der Waals surface area contributed by atoms with Gasteiger partial charge < -0.3 is 15.1 Å². The van der Waals surface area contributed by atoms with E-state index in [0.29, 0.717) is 0 Å². The van der Waals surface area contributed by atoms with Gasteiger partial charge in [-0.2, -0.15) is 13.2 Å². The molecule has 8 heteroatoms. The molecule has 4 rings (SSSR count). The Morgan fingerprint density at radius 1 is 1.03 bits per heavy atom. The van der Waals surface area contributed by atoms with E-state index in [9.17, 15) is 18.0 Å². The third-order valence-electron chi connectivity index (χ3n) is 6.53. The van der Waals surface area contributed by atoms with Crippen LogP contribution in [0.4, 0.5) is 18.9 Å². The van der Waals surface area contributed by atoms with Gasteiger partial charge in [-0.05, 0) is 42.8 Å². The number of benzene rings is 2. The number of carbonyl (C=O) groups is 1. The van der Waals surface area contributed by atoms with E-state index in [0.717, 1.165) is 50.8 Å². The molecule has 0 bridgehead atoms. The Labute approximate surface area is 186 Å². The zero-order valence-electron chi connectivity index (χ0n) is 18.5. The van der Waals surface area contributed by atoms with Gasteiger partial charge >= 0.3 is 6.18 Å². The van der Waals surface area contributed by atoms with Crippen LogP contribution >= 0.6 is 0 Å². The number of likely N-dealkylation sites (N-methyl/N-ethyl adjacent to an activating group) is 2. The summed E-state index contributed by atoms with van der Waals surface area (Å²) >= 11 is 0. The van der Waals surface area contributed by atoms with Crippen LogP contribution in [0, 0.1) is 0 Å². The lowest BCUT2D eigenvalue weighted by atomic mass is 9.99. The lowest BCUT2D eigenvalue weighted by Crippen LogP contribution is -2.48. The van der Waals surface area contributed by atoms with Gasteiger partial charge in [0, 0.05) is 52.0 Å². The summed E-state index contributed by atoms with van der Waals surface area (Å²) in [5.74, 6) is -0.696. The molecule has 0 unspecified atom stereocenters. The van der Waals surface area contributed by atoms with Crippen molar-refractivity contribution >= 4 is 11.6 Å². The quantitative estimate of drug-likeness (QED) is 0.764. The van der Waals surface area contributed by atoms with E-state index < -0.39 is 17.6 Å². The van der Waals surface area contributed by atoms with Crippen molar-refractivity contribution in [2.75, 3.05) is 58.3 Å². The van der Waals surface area contributed by atoms with Crippen molar-refractivity contribution in [1.82, 2.24) is 15.1 Å². The highest BCUT2D eigenvalue weighted by Gasteiger charge is 2.35. The van der Waals surface area contributed by atoms with Gasteiger partial charge in [-0.1, -0.05) is 24.3 Å². The van der Waals surface area contributed by atoms with Crippen molar-refractivity contribution in [1.29, 1.82) is 0 Å². The zero-order chi connectivity index (χ0) is 22.9. The average molecular weight is 447 g/mol. The fourth-order valence-corrected chi connectivity index (χ4v) is 4.60. The highest BCUT2D eigenvalue weighted by atomic mass is 19.4. The topological polar surface area (TPSA) is 38.8 Å². The summed E-state index contributed by atoms with van der Waals surface area (Å²) in [6, 6.07) is 11.2. The van der Waals surface area contributed by atoms with Crippen LogP contribution in [0.3, 0.4) is 0 Å².